The largest absolute Gasteiger partial charge is 0.465 e. The van der Waals surface area contributed by atoms with Crippen LogP contribution in [0.4, 0.5) is 5.69 Å². The average Bonchev–Trinajstić information content (AvgIpc) is 2.51. The van der Waals surface area contributed by atoms with Crippen molar-refractivity contribution in [2.75, 3.05) is 6.61 Å². The number of nitrogens with one attached hydrogen (secondary N) is 2. The lowest BCUT2D eigenvalue weighted by atomic mass is 9.98. The van der Waals surface area contributed by atoms with Crippen LogP contribution in [0, 0.1) is 17.0 Å². The molecule has 0 aliphatic carbocycles. The third kappa shape index (κ3) is 3.18. The van der Waals surface area contributed by atoms with Crippen molar-refractivity contribution in [2.45, 2.75) is 26.3 Å². The van der Waals surface area contributed by atoms with Crippen molar-refractivity contribution in [2.24, 2.45) is 5.73 Å². The van der Waals surface area contributed by atoms with E-state index in [0.717, 1.165) is 6.07 Å². The Morgan fingerprint density at radius 1 is 1.38 bits per heavy atom. The number of nitro benzene ring substituents is 1. The molecule has 1 aromatic heterocycles. The smallest absolute Gasteiger partial charge is 0.323 e. The van der Waals surface area contributed by atoms with Gasteiger partial charge in [-0.25, -0.2) is 0 Å². The van der Waals surface area contributed by atoms with Crippen molar-refractivity contribution in [3.63, 3.8) is 0 Å². The van der Waals surface area contributed by atoms with Gasteiger partial charge in [-0.1, -0.05) is 0 Å². The minimum absolute atomic E-state index is 0.0861. The van der Waals surface area contributed by atoms with Gasteiger partial charge in [0.1, 0.15) is 6.04 Å². The summed E-state index contributed by atoms with van der Waals surface area (Å²) in [6.45, 7) is 3.25. The Balaban J connectivity index is 2.69. The predicted molar refractivity (Wildman–Crippen MR) is 84.9 cm³/mol. The molecule has 1 atom stereocenters. The third-order valence-corrected chi connectivity index (χ3v) is 3.59. The number of esters is 1. The number of hydrogen-bond acceptors (Lipinski definition) is 7. The van der Waals surface area contributed by atoms with Crippen molar-refractivity contribution in [3.8, 4) is 0 Å². The molecular formula is C14H16N4O6. The highest BCUT2D eigenvalue weighted by molar-refractivity contribution is 5.84. The number of hydrogen-bond donors (Lipinski definition) is 3. The van der Waals surface area contributed by atoms with E-state index in [4.69, 9.17) is 10.5 Å². The van der Waals surface area contributed by atoms with Crippen LogP contribution in [0.25, 0.3) is 11.0 Å². The molecule has 4 N–H and O–H groups in total. The van der Waals surface area contributed by atoms with E-state index in [1.165, 1.54) is 6.92 Å². The number of H-pyrrole nitrogens is 2. The van der Waals surface area contributed by atoms with Gasteiger partial charge >= 0.3 is 17.1 Å². The van der Waals surface area contributed by atoms with Crippen molar-refractivity contribution < 1.29 is 14.5 Å². The molecule has 0 amide bonds. The molecule has 0 fully saturated rings. The van der Waals surface area contributed by atoms with Crippen molar-refractivity contribution in [3.05, 3.63) is 48.0 Å². The van der Waals surface area contributed by atoms with Crippen LogP contribution in [0.15, 0.2) is 15.7 Å². The fourth-order valence-corrected chi connectivity index (χ4v) is 2.41. The van der Waals surface area contributed by atoms with E-state index in [-0.39, 0.29) is 35.3 Å². The lowest BCUT2D eigenvalue weighted by molar-refractivity contribution is -0.385. The van der Waals surface area contributed by atoms with Crippen molar-refractivity contribution in [1.29, 1.82) is 0 Å². The molecule has 24 heavy (non-hydrogen) atoms. The highest BCUT2D eigenvalue weighted by atomic mass is 16.6. The van der Waals surface area contributed by atoms with E-state index in [1.807, 2.05) is 0 Å². The second-order valence-corrected chi connectivity index (χ2v) is 5.15. The zero-order chi connectivity index (χ0) is 18.0. The van der Waals surface area contributed by atoms with Gasteiger partial charge < -0.3 is 20.4 Å². The molecule has 1 heterocycles. The molecule has 2 aromatic rings. The average molecular weight is 336 g/mol. The Morgan fingerprint density at radius 2 is 2.00 bits per heavy atom. The molecule has 0 aliphatic rings. The van der Waals surface area contributed by atoms with Gasteiger partial charge in [0, 0.05) is 18.1 Å². The zero-order valence-corrected chi connectivity index (χ0v) is 13.0. The number of nitro groups is 1. The summed E-state index contributed by atoms with van der Waals surface area (Å²) < 4.78 is 4.82. The number of rotatable bonds is 5. The first-order valence-corrected chi connectivity index (χ1v) is 7.11. The van der Waals surface area contributed by atoms with Crippen LogP contribution in [0.2, 0.25) is 0 Å². The summed E-state index contributed by atoms with van der Waals surface area (Å²) in [5, 5.41) is 11.2. The molecule has 1 aromatic carbocycles. The van der Waals surface area contributed by atoms with Gasteiger partial charge in [-0.3, -0.25) is 24.5 Å². The number of fused-ring (bicyclic) bond motifs is 1. The van der Waals surface area contributed by atoms with Gasteiger partial charge in [-0.2, -0.15) is 0 Å². The topological polar surface area (TPSA) is 161 Å². The third-order valence-electron chi connectivity index (χ3n) is 3.59. The Labute approximate surface area is 134 Å². The number of ether oxygens (including phenoxy) is 1. The molecule has 0 radical (unpaired) electrons. The number of nitrogens with two attached hydrogens (primary N) is 1. The van der Waals surface area contributed by atoms with E-state index in [1.54, 1.807) is 6.92 Å². The molecule has 0 spiro atoms. The van der Waals surface area contributed by atoms with Crippen LogP contribution < -0.4 is 16.9 Å². The monoisotopic (exact) mass is 336 g/mol. The molecule has 0 aliphatic heterocycles. The number of aromatic nitrogens is 2. The number of carbonyl (C=O) groups is 1. The molecule has 10 nitrogen and oxygen atoms in total. The van der Waals surface area contributed by atoms with Gasteiger partial charge in [0.15, 0.2) is 0 Å². The maximum Gasteiger partial charge on any atom is 0.323 e. The lowest BCUT2D eigenvalue weighted by Crippen LogP contribution is -2.35. The van der Waals surface area contributed by atoms with Gasteiger partial charge in [0.2, 0.25) is 0 Å². The van der Waals surface area contributed by atoms with Crippen molar-refractivity contribution in [1.82, 2.24) is 9.97 Å². The van der Waals surface area contributed by atoms with Crippen LogP contribution in [0.5, 0.6) is 0 Å². The lowest BCUT2D eigenvalue weighted by Gasteiger charge is -2.14. The zero-order valence-electron chi connectivity index (χ0n) is 13.0. The molecule has 10 heteroatoms. The molecule has 1 unspecified atom stereocenters. The molecule has 128 valence electrons. The van der Waals surface area contributed by atoms with Crippen LogP contribution >= 0.6 is 0 Å². The van der Waals surface area contributed by atoms with E-state index >= 15 is 0 Å². The SMILES string of the molecule is CCOC(=O)C(N)Cc1c(C)c([N+](=O)[O-])cc2[nH]c(=O)c(=O)[nH]c12. The minimum atomic E-state index is -1.07. The van der Waals surface area contributed by atoms with E-state index in [2.05, 4.69) is 9.97 Å². The normalized spacial score (nSPS) is 12.1. The Kier molecular flexibility index (Phi) is 4.79. The Morgan fingerprint density at radius 3 is 2.58 bits per heavy atom. The first kappa shape index (κ1) is 17.3. The van der Waals surface area contributed by atoms with Crippen LogP contribution in [0.3, 0.4) is 0 Å². The summed E-state index contributed by atoms with van der Waals surface area (Å²) in [4.78, 5) is 50.0. The fraction of sp³-hybridized carbons (Fsp3) is 0.357. The van der Waals surface area contributed by atoms with Gasteiger partial charge in [0.05, 0.1) is 22.6 Å². The van der Waals surface area contributed by atoms with E-state index < -0.39 is 28.1 Å². The number of carbonyl (C=O) groups excluding carboxylic acids is 1. The fourth-order valence-electron chi connectivity index (χ4n) is 2.41. The maximum atomic E-state index is 11.7. The van der Waals surface area contributed by atoms with Gasteiger partial charge in [-0.05, 0) is 19.4 Å². The summed E-state index contributed by atoms with van der Waals surface area (Å²) in [5.74, 6) is -0.664. The molecule has 0 saturated heterocycles. The Bertz CT molecular complexity index is 929. The summed E-state index contributed by atoms with van der Waals surface area (Å²) in [5.41, 5.74) is 4.52. The number of aromatic amines is 2. The highest BCUT2D eigenvalue weighted by Crippen LogP contribution is 2.28. The molecule has 2 rings (SSSR count). The number of nitrogens with zero attached hydrogens (tertiary/aromatic N) is 1. The van der Waals surface area contributed by atoms with Gasteiger partial charge in [-0.15, -0.1) is 0 Å². The predicted octanol–water partition coefficient (Wildman–Crippen LogP) is -0.134. The van der Waals surface area contributed by atoms with Crippen LogP contribution in [-0.4, -0.2) is 33.5 Å². The standard InChI is InChI=1S/C14H16N4O6/c1-3-24-14(21)8(15)4-7-6(2)10(18(22)23)5-9-11(7)17-13(20)12(19)16-9/h5,8H,3-4,15H2,1-2H3,(H,16,19)(H,17,20). The van der Waals surface area contributed by atoms with E-state index in [9.17, 15) is 24.5 Å². The minimum Gasteiger partial charge on any atom is -0.465 e. The first-order chi connectivity index (χ1) is 11.3. The quantitative estimate of drug-likeness (QED) is 0.296. The second kappa shape index (κ2) is 6.62. The summed E-state index contributed by atoms with van der Waals surface area (Å²) in [6.07, 6.45) is -0.0924. The van der Waals surface area contributed by atoms with Crippen LogP contribution in [-0.2, 0) is 16.0 Å². The van der Waals surface area contributed by atoms with E-state index in [0.29, 0.717) is 5.56 Å². The molecule has 0 bridgehead atoms. The first-order valence-electron chi connectivity index (χ1n) is 7.11. The number of benzene rings is 1. The second-order valence-electron chi connectivity index (χ2n) is 5.15. The molecule has 0 saturated carbocycles. The summed E-state index contributed by atoms with van der Waals surface area (Å²) >= 11 is 0. The van der Waals surface area contributed by atoms with Gasteiger partial charge in [0.25, 0.3) is 5.69 Å². The Hall–Kier alpha value is -3.01. The summed E-state index contributed by atoms with van der Waals surface area (Å²) in [6, 6.07) is 0.0887. The summed E-state index contributed by atoms with van der Waals surface area (Å²) in [7, 11) is 0. The van der Waals surface area contributed by atoms with Crippen molar-refractivity contribution >= 4 is 22.7 Å². The highest BCUT2D eigenvalue weighted by Gasteiger charge is 2.24. The maximum absolute atomic E-state index is 11.7. The van der Waals surface area contributed by atoms with Crippen LogP contribution in [0.1, 0.15) is 18.1 Å². The molecular weight excluding hydrogens is 320 g/mol.